The second kappa shape index (κ2) is 3.92. The molecule has 0 saturated heterocycles. The smallest absolute Gasteiger partial charge is 0.435 e. The number of carboxylic acids is 1. The topological polar surface area (TPSA) is 55.1 Å². The molecule has 0 aliphatic rings. The van der Waals surface area contributed by atoms with Gasteiger partial charge in [-0.05, 0) is 6.42 Å². The Morgan fingerprint density at radius 3 is 2.53 bits per heavy atom. The molecule has 0 saturated carbocycles. The van der Waals surface area contributed by atoms with Crippen LogP contribution in [0.5, 0.6) is 0 Å². The van der Waals surface area contributed by atoms with Gasteiger partial charge in [0.15, 0.2) is 5.69 Å². The molecule has 1 rings (SSSR count). The van der Waals surface area contributed by atoms with Crippen molar-refractivity contribution in [3.05, 3.63) is 17.5 Å². The zero-order chi connectivity index (χ0) is 11.6. The maximum Gasteiger partial charge on any atom is 0.435 e. The first kappa shape index (κ1) is 11.5. The van der Waals surface area contributed by atoms with Crippen LogP contribution in [0.2, 0.25) is 0 Å². The molecule has 0 atom stereocenters. The number of carbonyl (C=O) groups is 1. The average Bonchev–Trinajstić information content (AvgIpc) is 2.45. The Labute approximate surface area is 83.3 Å². The lowest BCUT2D eigenvalue weighted by Gasteiger charge is -2.03. The highest BCUT2D eigenvalue weighted by Gasteiger charge is 2.36. The minimum atomic E-state index is -4.53. The largest absolute Gasteiger partial charge is 0.480 e. The van der Waals surface area contributed by atoms with Gasteiger partial charge in [0.05, 0.1) is 0 Å². The van der Waals surface area contributed by atoms with Gasteiger partial charge < -0.3 is 5.11 Å². The van der Waals surface area contributed by atoms with E-state index in [2.05, 4.69) is 5.10 Å². The van der Waals surface area contributed by atoms with Gasteiger partial charge in [-0.3, -0.25) is 9.48 Å². The molecule has 7 heteroatoms. The number of rotatable bonds is 3. The number of hydrogen-bond acceptors (Lipinski definition) is 2. The van der Waals surface area contributed by atoms with Crippen molar-refractivity contribution in [1.29, 1.82) is 0 Å². The lowest BCUT2D eigenvalue weighted by Crippen LogP contribution is -2.12. The van der Waals surface area contributed by atoms with Crippen molar-refractivity contribution in [2.45, 2.75) is 26.1 Å². The number of aliphatic carboxylic acids is 1. The van der Waals surface area contributed by atoms with Crippen LogP contribution in [0, 0.1) is 0 Å². The van der Waals surface area contributed by atoms with Crippen LogP contribution in [-0.2, 0) is 23.9 Å². The summed E-state index contributed by atoms with van der Waals surface area (Å²) >= 11 is 0. The predicted molar refractivity (Wildman–Crippen MR) is 44.2 cm³/mol. The molecular formula is C8H9F3N2O2. The Bertz CT molecular complexity index is 370. The van der Waals surface area contributed by atoms with Gasteiger partial charge in [0.25, 0.3) is 0 Å². The van der Waals surface area contributed by atoms with E-state index in [-0.39, 0.29) is 12.0 Å². The minimum absolute atomic E-state index is 0.00347. The maximum absolute atomic E-state index is 12.4. The second-order valence-corrected chi connectivity index (χ2v) is 2.95. The number of hydrogen-bond donors (Lipinski definition) is 1. The summed E-state index contributed by atoms with van der Waals surface area (Å²) in [6.07, 6.45) is -3.26. The second-order valence-electron chi connectivity index (χ2n) is 2.95. The van der Waals surface area contributed by atoms with Crippen molar-refractivity contribution >= 4 is 5.97 Å². The zero-order valence-corrected chi connectivity index (χ0v) is 7.88. The van der Waals surface area contributed by atoms with Gasteiger partial charge in [-0.25, -0.2) is 0 Å². The summed E-state index contributed by atoms with van der Waals surface area (Å²) in [5, 5.41) is 11.6. The third kappa shape index (κ3) is 2.71. The number of aryl methyl sites for hydroxylation is 1. The van der Waals surface area contributed by atoms with E-state index in [0.29, 0.717) is 0 Å². The van der Waals surface area contributed by atoms with Gasteiger partial charge in [0, 0.05) is 11.8 Å². The Morgan fingerprint density at radius 1 is 1.60 bits per heavy atom. The molecule has 0 aromatic carbocycles. The molecule has 0 aliphatic carbocycles. The van der Waals surface area contributed by atoms with Gasteiger partial charge in [-0.1, -0.05) is 6.92 Å². The number of halogens is 3. The van der Waals surface area contributed by atoms with Crippen molar-refractivity contribution in [2.75, 3.05) is 0 Å². The third-order valence-corrected chi connectivity index (χ3v) is 1.78. The van der Waals surface area contributed by atoms with Crippen molar-refractivity contribution in [2.24, 2.45) is 0 Å². The van der Waals surface area contributed by atoms with Crippen molar-refractivity contribution < 1.29 is 23.1 Å². The Balaban J connectivity index is 3.06. The van der Waals surface area contributed by atoms with Crippen LogP contribution in [0.15, 0.2) is 6.20 Å². The zero-order valence-electron chi connectivity index (χ0n) is 7.88. The molecule has 0 aliphatic heterocycles. The molecule has 0 amide bonds. The van der Waals surface area contributed by atoms with Crippen LogP contribution < -0.4 is 0 Å². The fourth-order valence-electron chi connectivity index (χ4n) is 1.18. The minimum Gasteiger partial charge on any atom is -0.480 e. The van der Waals surface area contributed by atoms with Crippen LogP contribution in [-0.4, -0.2) is 20.9 Å². The standard InChI is InChI=1S/C8H9F3N2O2/c1-2-5-3-13(4-6(14)15)12-7(5)8(9,10)11/h3H,2,4H2,1H3,(H,14,15). The summed E-state index contributed by atoms with van der Waals surface area (Å²) in [4.78, 5) is 10.3. The normalized spacial score (nSPS) is 11.7. The first-order valence-electron chi connectivity index (χ1n) is 4.20. The molecule has 1 aromatic heterocycles. The number of carboxylic acid groups (broad SMARTS) is 1. The van der Waals surface area contributed by atoms with Crippen LogP contribution in [0.25, 0.3) is 0 Å². The number of nitrogens with zero attached hydrogens (tertiary/aromatic N) is 2. The molecule has 0 unspecified atom stereocenters. The molecule has 1 heterocycles. The predicted octanol–water partition coefficient (Wildman–Crippen LogP) is 1.55. The Hall–Kier alpha value is -1.53. The fraction of sp³-hybridized carbons (Fsp3) is 0.500. The van der Waals surface area contributed by atoms with E-state index in [9.17, 15) is 18.0 Å². The molecule has 0 radical (unpaired) electrons. The summed E-state index contributed by atoms with van der Waals surface area (Å²) in [6.45, 7) is 0.987. The third-order valence-electron chi connectivity index (χ3n) is 1.78. The van der Waals surface area contributed by atoms with Gasteiger partial charge in [-0.2, -0.15) is 18.3 Å². The molecule has 0 spiro atoms. The van der Waals surface area contributed by atoms with E-state index in [0.717, 1.165) is 10.9 Å². The molecule has 84 valence electrons. The first-order valence-corrected chi connectivity index (χ1v) is 4.20. The van der Waals surface area contributed by atoms with Gasteiger partial charge in [0.1, 0.15) is 6.54 Å². The highest BCUT2D eigenvalue weighted by molar-refractivity contribution is 5.66. The highest BCUT2D eigenvalue weighted by atomic mass is 19.4. The summed E-state index contributed by atoms with van der Waals surface area (Å²) in [5.41, 5.74) is -1.00. The van der Waals surface area contributed by atoms with E-state index >= 15 is 0 Å². The van der Waals surface area contributed by atoms with E-state index < -0.39 is 24.4 Å². The van der Waals surface area contributed by atoms with Crippen LogP contribution in [0.1, 0.15) is 18.2 Å². The fourth-order valence-corrected chi connectivity index (χ4v) is 1.18. The van der Waals surface area contributed by atoms with Crippen molar-refractivity contribution in [3.8, 4) is 0 Å². The van der Waals surface area contributed by atoms with Crippen LogP contribution in [0.4, 0.5) is 13.2 Å². The highest BCUT2D eigenvalue weighted by Crippen LogP contribution is 2.30. The van der Waals surface area contributed by atoms with Gasteiger partial charge in [0.2, 0.25) is 0 Å². The summed E-state index contributed by atoms with van der Waals surface area (Å²) in [7, 11) is 0. The number of alkyl halides is 3. The quantitative estimate of drug-likeness (QED) is 0.844. The van der Waals surface area contributed by atoms with E-state index in [1.807, 2.05) is 0 Å². The molecule has 0 fully saturated rings. The van der Waals surface area contributed by atoms with Crippen molar-refractivity contribution in [3.63, 3.8) is 0 Å². The monoisotopic (exact) mass is 222 g/mol. The average molecular weight is 222 g/mol. The van der Waals surface area contributed by atoms with Crippen molar-refractivity contribution in [1.82, 2.24) is 9.78 Å². The summed E-state index contributed by atoms with van der Waals surface area (Å²) in [5.74, 6) is -1.23. The SMILES string of the molecule is CCc1cn(CC(=O)O)nc1C(F)(F)F. The summed E-state index contributed by atoms with van der Waals surface area (Å²) in [6, 6.07) is 0. The molecule has 4 nitrogen and oxygen atoms in total. The van der Waals surface area contributed by atoms with E-state index in [1.54, 1.807) is 6.92 Å². The Kier molecular flexibility index (Phi) is 3.01. The molecule has 0 bridgehead atoms. The molecular weight excluding hydrogens is 213 g/mol. The van der Waals surface area contributed by atoms with Crippen LogP contribution in [0.3, 0.4) is 0 Å². The molecule has 1 aromatic rings. The Morgan fingerprint density at radius 2 is 2.20 bits per heavy atom. The van der Waals surface area contributed by atoms with E-state index in [1.165, 1.54) is 0 Å². The summed E-state index contributed by atoms with van der Waals surface area (Å²) < 4.78 is 37.9. The maximum atomic E-state index is 12.4. The molecule has 15 heavy (non-hydrogen) atoms. The molecule has 1 N–H and O–H groups in total. The lowest BCUT2D eigenvalue weighted by molar-refractivity contribution is -0.143. The first-order chi connectivity index (χ1) is 6.84. The number of aromatic nitrogens is 2. The van der Waals surface area contributed by atoms with Gasteiger partial charge in [-0.15, -0.1) is 0 Å². The van der Waals surface area contributed by atoms with Crippen LogP contribution >= 0.6 is 0 Å². The van der Waals surface area contributed by atoms with E-state index in [4.69, 9.17) is 5.11 Å². The van der Waals surface area contributed by atoms with Gasteiger partial charge >= 0.3 is 12.1 Å². The lowest BCUT2D eigenvalue weighted by atomic mass is 10.2.